The number of hydrogen-bond acceptors (Lipinski definition) is 3. The van der Waals surface area contributed by atoms with Crippen molar-refractivity contribution in [1.82, 2.24) is 0 Å². The first kappa shape index (κ1) is 55.9. The van der Waals surface area contributed by atoms with Crippen molar-refractivity contribution in [1.29, 1.82) is 0 Å². The smallest absolute Gasteiger partial charge is 0.411 e. The van der Waals surface area contributed by atoms with Crippen molar-refractivity contribution in [3.8, 4) is 33.8 Å². The number of alkyl halides is 10. The van der Waals surface area contributed by atoms with Crippen molar-refractivity contribution in [3.63, 3.8) is 0 Å². The molecular weight excluding hydrogens is 1020 g/mol. The molecule has 0 radical (unpaired) electrons. The normalized spacial score (nSPS) is 12.3. The summed E-state index contributed by atoms with van der Waals surface area (Å²) >= 11 is 0. The molecule has 0 atom stereocenters. The Morgan fingerprint density at radius 3 is 1.08 bits per heavy atom. The fraction of sp³-hybridized carbons (Fsp3) is 0.226. The van der Waals surface area contributed by atoms with Gasteiger partial charge in [-0.15, -0.1) is 0 Å². The third-order valence-corrected chi connectivity index (χ3v) is 13.1. The van der Waals surface area contributed by atoms with Gasteiger partial charge in [-0.3, -0.25) is 0 Å². The maximum absolute atomic E-state index is 17.8. The maximum Gasteiger partial charge on any atom is 0.411 e. The first-order valence-electron chi connectivity index (χ1n) is 24.5. The number of rotatable bonds is 20. The summed E-state index contributed by atoms with van der Waals surface area (Å²) in [6, 6.07) is 39.5. The maximum atomic E-state index is 17.8. The summed E-state index contributed by atoms with van der Waals surface area (Å²) in [5.41, 5.74) is -1.13. The lowest BCUT2D eigenvalue weighted by atomic mass is 9.86. The Balaban J connectivity index is 1.32. The van der Waals surface area contributed by atoms with E-state index in [0.717, 1.165) is 36.4 Å². The van der Waals surface area contributed by atoms with Crippen LogP contribution >= 0.6 is 0 Å². The van der Waals surface area contributed by atoms with Crippen LogP contribution in [0.2, 0.25) is 0 Å². The van der Waals surface area contributed by atoms with E-state index in [9.17, 15) is 26.3 Å². The molecule has 8 rings (SSSR count). The van der Waals surface area contributed by atoms with Gasteiger partial charge in [0.1, 0.15) is 36.3 Å². The van der Waals surface area contributed by atoms with Crippen LogP contribution in [0.1, 0.15) is 80.6 Å². The molecule has 0 amide bonds. The Hall–Kier alpha value is -7.36. The van der Waals surface area contributed by atoms with Crippen LogP contribution in [-0.2, 0) is 60.2 Å². The van der Waals surface area contributed by atoms with Crippen molar-refractivity contribution in [2.75, 3.05) is 13.2 Å². The third kappa shape index (κ3) is 13.4. The van der Waals surface area contributed by atoms with Gasteiger partial charge in [-0.05, 0) is 81.6 Å². The van der Waals surface area contributed by atoms with Gasteiger partial charge in [0.15, 0.2) is 0 Å². The molecule has 0 aliphatic rings. The molecule has 0 aromatic heterocycles. The molecule has 0 aliphatic carbocycles. The summed E-state index contributed by atoms with van der Waals surface area (Å²) in [5, 5.41) is 0. The topological polar surface area (TPSA) is 27.7 Å². The first-order valence-corrected chi connectivity index (χ1v) is 24.5. The molecule has 0 heterocycles. The lowest BCUT2D eigenvalue weighted by molar-refractivity contribution is -0.177. The predicted molar refractivity (Wildman–Crippen MR) is 271 cm³/mol. The molecule has 3 nitrogen and oxygen atoms in total. The second kappa shape index (κ2) is 23.5. The summed E-state index contributed by atoms with van der Waals surface area (Å²) in [6.07, 6.45) is -9.28. The Morgan fingerprint density at radius 2 is 0.753 bits per heavy atom. The average Bonchev–Trinajstić information content (AvgIpc) is 3.42. The summed E-state index contributed by atoms with van der Waals surface area (Å²) < 4.78 is 199. The van der Waals surface area contributed by atoms with Crippen LogP contribution in [0.4, 0.5) is 52.7 Å². The molecule has 400 valence electrons. The molecule has 15 heteroatoms. The molecule has 0 bridgehead atoms. The average molecular weight is 1070 g/mol. The SMILES string of the molecule is CCc1ccc(-c2ccc(C(F)(F)c3c(COCC(F)(F)F)ccc(Oc4ccc(COCC(F)(F)F)c(C(F)(F)c5ccc(-c6ccc(CC)cc6F)cc5)c4Cc4ccccc4)c3Cc3ccccc3)cc2)c(F)c1. The number of benzene rings is 8. The molecule has 77 heavy (non-hydrogen) atoms. The fourth-order valence-electron chi connectivity index (χ4n) is 9.22. The highest BCUT2D eigenvalue weighted by Crippen LogP contribution is 2.48. The Bertz CT molecular complexity index is 3060. The highest BCUT2D eigenvalue weighted by atomic mass is 19.4. The number of ether oxygens (including phenoxy) is 3. The minimum atomic E-state index is -4.83. The summed E-state index contributed by atoms with van der Waals surface area (Å²) in [4.78, 5) is 0. The molecular formula is C62H50F12O3. The van der Waals surface area contributed by atoms with Gasteiger partial charge in [0.25, 0.3) is 11.8 Å². The molecule has 0 unspecified atom stereocenters. The van der Waals surface area contributed by atoms with E-state index in [2.05, 4.69) is 0 Å². The van der Waals surface area contributed by atoms with Crippen LogP contribution < -0.4 is 4.74 Å². The fourth-order valence-corrected chi connectivity index (χ4v) is 9.22. The summed E-state index contributed by atoms with van der Waals surface area (Å²) in [5.74, 6) is -9.94. The summed E-state index contributed by atoms with van der Waals surface area (Å²) in [6.45, 7) is -1.81. The number of hydrogen-bond donors (Lipinski definition) is 0. The van der Waals surface area contributed by atoms with Gasteiger partial charge >= 0.3 is 12.4 Å². The van der Waals surface area contributed by atoms with Crippen LogP contribution in [0.25, 0.3) is 22.3 Å². The van der Waals surface area contributed by atoms with E-state index in [1.807, 2.05) is 13.8 Å². The monoisotopic (exact) mass is 1070 g/mol. The van der Waals surface area contributed by atoms with Crippen LogP contribution in [-0.4, -0.2) is 25.6 Å². The summed E-state index contributed by atoms with van der Waals surface area (Å²) in [7, 11) is 0. The van der Waals surface area contributed by atoms with E-state index < -0.39 is 84.5 Å². The lowest BCUT2D eigenvalue weighted by Crippen LogP contribution is -2.23. The largest absolute Gasteiger partial charge is 0.457 e. The van der Waals surface area contributed by atoms with E-state index in [4.69, 9.17) is 14.2 Å². The van der Waals surface area contributed by atoms with Crippen LogP contribution in [0.15, 0.2) is 170 Å². The minimum Gasteiger partial charge on any atom is -0.457 e. The Kier molecular flexibility index (Phi) is 17.0. The van der Waals surface area contributed by atoms with E-state index in [-0.39, 0.29) is 68.8 Å². The van der Waals surface area contributed by atoms with Crippen molar-refractivity contribution >= 4 is 0 Å². The van der Waals surface area contributed by atoms with E-state index in [0.29, 0.717) is 35.1 Å². The number of aryl methyl sites for hydroxylation is 2. The lowest BCUT2D eigenvalue weighted by Gasteiger charge is -2.28. The zero-order chi connectivity index (χ0) is 55.1. The Morgan fingerprint density at radius 1 is 0.390 bits per heavy atom. The van der Waals surface area contributed by atoms with E-state index in [1.54, 1.807) is 72.8 Å². The van der Waals surface area contributed by atoms with Gasteiger partial charge in [-0.25, -0.2) is 8.78 Å². The van der Waals surface area contributed by atoms with Crippen molar-refractivity contribution in [3.05, 3.63) is 248 Å². The molecule has 0 aliphatic heterocycles. The van der Waals surface area contributed by atoms with Gasteiger partial charge < -0.3 is 14.2 Å². The van der Waals surface area contributed by atoms with Crippen molar-refractivity contribution in [2.45, 2.75) is 76.9 Å². The van der Waals surface area contributed by atoms with Crippen molar-refractivity contribution < 1.29 is 66.9 Å². The Labute approximate surface area is 437 Å². The number of halogens is 12. The zero-order valence-electron chi connectivity index (χ0n) is 41.6. The van der Waals surface area contributed by atoms with Gasteiger partial charge in [-0.2, -0.15) is 43.9 Å². The van der Waals surface area contributed by atoms with Gasteiger partial charge in [0.2, 0.25) is 0 Å². The quantitative estimate of drug-likeness (QED) is 0.0712. The third-order valence-electron chi connectivity index (χ3n) is 13.1. The molecule has 0 saturated carbocycles. The highest BCUT2D eigenvalue weighted by molar-refractivity contribution is 5.67. The van der Waals surface area contributed by atoms with Crippen LogP contribution in [0.5, 0.6) is 11.5 Å². The molecule has 0 N–H and O–H groups in total. The standard InChI is InChI=1S/C62H50F12O3/c1-3-39-15-27-49(53(63)33-39)43-17-23-47(24-18-43)61(71,72)57-45(35-75-37-59(65,66)67)21-29-55(51(57)31-41-11-7-5-8-12-41)77-56-30-22-46(36-76-38-60(68,69)70)58(52(56)32-42-13-9-6-10-14-42)62(73,74)48-25-19-44(20-26-48)50-28-16-40(4-2)34-54(50)64/h5-30,33-34H,3-4,31-32,35-38H2,1-2H3. The second-order valence-corrected chi connectivity index (χ2v) is 18.4. The molecule has 8 aromatic rings. The van der Waals surface area contributed by atoms with Crippen molar-refractivity contribution in [2.24, 2.45) is 0 Å². The van der Waals surface area contributed by atoms with Gasteiger partial charge in [0.05, 0.1) is 13.2 Å². The molecule has 0 spiro atoms. The van der Waals surface area contributed by atoms with Crippen LogP contribution in [0, 0.1) is 11.6 Å². The van der Waals surface area contributed by atoms with Gasteiger partial charge in [0, 0.05) is 57.3 Å². The minimum absolute atomic E-state index is 0.137. The zero-order valence-corrected chi connectivity index (χ0v) is 41.6. The predicted octanol–water partition coefficient (Wildman–Crippen LogP) is 17.8. The van der Waals surface area contributed by atoms with E-state index in [1.165, 1.54) is 60.7 Å². The first-order chi connectivity index (χ1) is 36.6. The molecule has 0 fully saturated rings. The van der Waals surface area contributed by atoms with Crippen LogP contribution in [0.3, 0.4) is 0 Å². The van der Waals surface area contributed by atoms with Gasteiger partial charge in [-0.1, -0.05) is 159 Å². The molecule has 8 aromatic carbocycles. The molecule has 0 saturated heterocycles. The second-order valence-electron chi connectivity index (χ2n) is 18.4. The highest BCUT2D eigenvalue weighted by Gasteiger charge is 2.43. The van der Waals surface area contributed by atoms with E-state index >= 15 is 26.3 Å².